The van der Waals surface area contributed by atoms with Gasteiger partial charge in [0.2, 0.25) is 11.9 Å². The largest absolute Gasteiger partial charge is 0.367 e. The fraction of sp³-hybridized carbons (Fsp3) is 0.500. The molecule has 1 saturated carbocycles. The summed E-state index contributed by atoms with van der Waals surface area (Å²) in [5.74, 6) is -0.484. The van der Waals surface area contributed by atoms with Crippen molar-refractivity contribution < 1.29 is 9.72 Å². The first-order valence-electron chi connectivity index (χ1n) is 6.99. The molecule has 1 aromatic rings. The number of nitrogens with zero attached hydrogens (tertiary/aromatic N) is 3. The molecule has 112 valence electrons. The molecule has 7 heteroatoms. The first-order chi connectivity index (χ1) is 10.1. The van der Waals surface area contributed by atoms with Crippen LogP contribution in [0.25, 0.3) is 0 Å². The average molecular weight is 310 g/mol. The molecule has 1 aromatic carbocycles. The van der Waals surface area contributed by atoms with E-state index in [4.69, 9.17) is 11.6 Å². The monoisotopic (exact) mass is 309 g/mol. The van der Waals surface area contributed by atoms with E-state index in [-0.39, 0.29) is 10.8 Å². The van der Waals surface area contributed by atoms with Crippen molar-refractivity contribution in [2.75, 3.05) is 31.1 Å². The number of amides is 1. The van der Waals surface area contributed by atoms with Gasteiger partial charge in [-0.3, -0.25) is 14.9 Å². The Hall–Kier alpha value is -1.82. The Labute approximate surface area is 127 Å². The van der Waals surface area contributed by atoms with E-state index < -0.39 is 12.0 Å². The van der Waals surface area contributed by atoms with Crippen LogP contribution in [0, 0.1) is 16.0 Å². The van der Waals surface area contributed by atoms with E-state index in [9.17, 15) is 14.9 Å². The highest BCUT2D eigenvalue weighted by atomic mass is 35.5. The van der Waals surface area contributed by atoms with Gasteiger partial charge in [-0.25, -0.2) is 0 Å². The molecular weight excluding hydrogens is 294 g/mol. The lowest BCUT2D eigenvalue weighted by Gasteiger charge is -2.36. The molecule has 1 aliphatic carbocycles. The van der Waals surface area contributed by atoms with Crippen molar-refractivity contribution in [3.05, 3.63) is 39.4 Å². The van der Waals surface area contributed by atoms with Crippen LogP contribution in [0.1, 0.15) is 6.42 Å². The molecule has 0 spiro atoms. The highest BCUT2D eigenvalue weighted by molar-refractivity contribution is 6.33. The van der Waals surface area contributed by atoms with Gasteiger partial charge in [0.25, 0.3) is 0 Å². The van der Waals surface area contributed by atoms with Crippen LogP contribution in [0.15, 0.2) is 24.3 Å². The number of carbonyl (C=O) groups excluding carboxylic acids is 1. The number of benzene rings is 1. The molecule has 3 rings (SSSR count). The SMILES string of the molecule is O=C([C@H]1C[C@@H]1[N+](=O)[O-])N1CCN(c2ccccc2Cl)CC1. The van der Waals surface area contributed by atoms with Gasteiger partial charge in [0.15, 0.2) is 0 Å². The van der Waals surface area contributed by atoms with Crippen molar-refractivity contribution in [1.29, 1.82) is 0 Å². The van der Waals surface area contributed by atoms with Crippen molar-refractivity contribution in [1.82, 2.24) is 4.90 Å². The Morgan fingerprint density at radius 2 is 1.90 bits per heavy atom. The van der Waals surface area contributed by atoms with Gasteiger partial charge < -0.3 is 9.80 Å². The fourth-order valence-corrected chi connectivity index (χ4v) is 3.05. The van der Waals surface area contributed by atoms with Gasteiger partial charge in [0.1, 0.15) is 5.92 Å². The normalized spacial score (nSPS) is 24.8. The van der Waals surface area contributed by atoms with E-state index >= 15 is 0 Å². The third-order valence-electron chi connectivity index (χ3n) is 4.13. The molecule has 0 bridgehead atoms. The van der Waals surface area contributed by atoms with E-state index in [1.54, 1.807) is 4.90 Å². The lowest BCUT2D eigenvalue weighted by Crippen LogP contribution is -2.49. The first-order valence-corrected chi connectivity index (χ1v) is 7.37. The van der Waals surface area contributed by atoms with Crippen LogP contribution in [0.3, 0.4) is 0 Å². The summed E-state index contributed by atoms with van der Waals surface area (Å²) in [7, 11) is 0. The predicted octanol–water partition coefficient (Wildman–Crippen LogP) is 1.65. The molecule has 1 heterocycles. The quantitative estimate of drug-likeness (QED) is 0.629. The minimum Gasteiger partial charge on any atom is -0.367 e. The summed E-state index contributed by atoms with van der Waals surface area (Å²) in [6, 6.07) is 6.96. The summed E-state index contributed by atoms with van der Waals surface area (Å²) < 4.78 is 0. The summed E-state index contributed by atoms with van der Waals surface area (Å²) in [5.41, 5.74) is 0.973. The summed E-state index contributed by atoms with van der Waals surface area (Å²) in [6.45, 7) is 2.58. The molecule has 0 aromatic heterocycles. The lowest BCUT2D eigenvalue weighted by molar-refractivity contribution is -0.497. The third kappa shape index (κ3) is 2.81. The molecule has 2 aliphatic rings. The van der Waals surface area contributed by atoms with Crippen molar-refractivity contribution in [3.63, 3.8) is 0 Å². The smallest absolute Gasteiger partial charge is 0.233 e. The van der Waals surface area contributed by atoms with Gasteiger partial charge in [0, 0.05) is 37.5 Å². The number of hydrogen-bond donors (Lipinski definition) is 0. The van der Waals surface area contributed by atoms with E-state index in [1.165, 1.54) is 0 Å². The van der Waals surface area contributed by atoms with Gasteiger partial charge in [-0.2, -0.15) is 0 Å². The van der Waals surface area contributed by atoms with E-state index in [0.29, 0.717) is 37.6 Å². The van der Waals surface area contributed by atoms with Crippen molar-refractivity contribution in [2.45, 2.75) is 12.5 Å². The maximum atomic E-state index is 12.2. The van der Waals surface area contributed by atoms with Crippen LogP contribution in [-0.2, 0) is 4.79 Å². The minimum absolute atomic E-state index is 0.0736. The van der Waals surface area contributed by atoms with Crippen LogP contribution in [-0.4, -0.2) is 48.0 Å². The minimum atomic E-state index is -0.668. The summed E-state index contributed by atoms with van der Waals surface area (Å²) in [5, 5.41) is 11.3. The maximum absolute atomic E-state index is 12.2. The number of rotatable bonds is 3. The predicted molar refractivity (Wildman–Crippen MR) is 79.1 cm³/mol. The first kappa shape index (κ1) is 14.1. The van der Waals surface area contributed by atoms with Crippen molar-refractivity contribution >= 4 is 23.2 Å². The molecule has 0 unspecified atom stereocenters. The number of halogens is 1. The molecule has 2 atom stereocenters. The summed E-state index contributed by atoms with van der Waals surface area (Å²) in [6.07, 6.45) is 0.385. The van der Waals surface area contributed by atoms with E-state index in [1.807, 2.05) is 24.3 Å². The molecular formula is C14H16ClN3O3. The molecule has 2 fully saturated rings. The number of piperazine rings is 1. The number of para-hydroxylation sites is 1. The third-order valence-corrected chi connectivity index (χ3v) is 4.45. The summed E-state index contributed by atoms with van der Waals surface area (Å²) >= 11 is 6.17. The number of carbonyl (C=O) groups is 1. The highest BCUT2D eigenvalue weighted by Gasteiger charge is 2.54. The Bertz CT molecular complexity index is 572. The van der Waals surface area contributed by atoms with Crippen LogP contribution in [0.2, 0.25) is 5.02 Å². The molecule has 1 saturated heterocycles. The van der Waals surface area contributed by atoms with Crippen LogP contribution < -0.4 is 4.90 Å². The molecule has 0 radical (unpaired) electrons. The van der Waals surface area contributed by atoms with Gasteiger partial charge in [-0.15, -0.1) is 0 Å². The van der Waals surface area contributed by atoms with Crippen LogP contribution in [0.5, 0.6) is 0 Å². The zero-order valence-electron chi connectivity index (χ0n) is 11.4. The fourth-order valence-electron chi connectivity index (χ4n) is 2.79. The molecule has 1 aliphatic heterocycles. The van der Waals surface area contributed by atoms with Crippen molar-refractivity contribution in [2.24, 2.45) is 5.92 Å². The second-order valence-electron chi connectivity index (χ2n) is 5.46. The molecule has 6 nitrogen and oxygen atoms in total. The Morgan fingerprint density at radius 1 is 1.24 bits per heavy atom. The lowest BCUT2D eigenvalue weighted by atomic mass is 10.2. The highest BCUT2D eigenvalue weighted by Crippen LogP contribution is 2.35. The van der Waals surface area contributed by atoms with Crippen LogP contribution in [0.4, 0.5) is 5.69 Å². The Kier molecular flexibility index (Phi) is 3.71. The second-order valence-corrected chi connectivity index (χ2v) is 5.87. The van der Waals surface area contributed by atoms with E-state index in [0.717, 1.165) is 5.69 Å². The number of anilines is 1. The Balaban J connectivity index is 1.57. The average Bonchev–Trinajstić information content (AvgIpc) is 3.28. The Morgan fingerprint density at radius 3 is 2.48 bits per heavy atom. The van der Waals surface area contributed by atoms with Gasteiger partial charge >= 0.3 is 0 Å². The number of hydrogen-bond acceptors (Lipinski definition) is 4. The van der Waals surface area contributed by atoms with Crippen molar-refractivity contribution in [3.8, 4) is 0 Å². The van der Waals surface area contributed by atoms with Gasteiger partial charge in [-0.1, -0.05) is 23.7 Å². The standard InChI is InChI=1S/C14H16ClN3O3/c15-11-3-1-2-4-12(11)16-5-7-17(8-6-16)14(19)10-9-13(10)18(20)21/h1-4,10,13H,5-9H2/t10-,13-/m0/s1. The zero-order chi connectivity index (χ0) is 15.0. The van der Waals surface area contributed by atoms with Gasteiger partial charge in [0.05, 0.1) is 10.7 Å². The zero-order valence-corrected chi connectivity index (χ0v) is 12.2. The maximum Gasteiger partial charge on any atom is 0.233 e. The number of nitro groups is 1. The molecule has 0 N–H and O–H groups in total. The second kappa shape index (κ2) is 5.52. The van der Waals surface area contributed by atoms with Crippen LogP contribution >= 0.6 is 11.6 Å². The molecule has 21 heavy (non-hydrogen) atoms. The summed E-state index contributed by atoms with van der Waals surface area (Å²) in [4.78, 5) is 26.3. The molecule has 1 amide bonds. The topological polar surface area (TPSA) is 66.7 Å². The van der Waals surface area contributed by atoms with E-state index in [2.05, 4.69) is 4.90 Å². The van der Waals surface area contributed by atoms with Gasteiger partial charge in [-0.05, 0) is 12.1 Å².